The lowest BCUT2D eigenvalue weighted by Gasteiger charge is -2.33. The normalized spacial score (nSPS) is 14.2. The number of ether oxygens (including phenoxy) is 1. The first kappa shape index (κ1) is 22.7. The highest BCUT2D eigenvalue weighted by atomic mass is 35.5. The van der Waals surface area contributed by atoms with Crippen LogP contribution in [0.3, 0.4) is 0 Å². The molecule has 0 spiro atoms. The smallest absolute Gasteiger partial charge is 0.120 e. The van der Waals surface area contributed by atoms with Crippen molar-refractivity contribution in [1.82, 2.24) is 0 Å². The summed E-state index contributed by atoms with van der Waals surface area (Å²) in [6.45, 7) is 1.93. The van der Waals surface area contributed by atoms with Crippen molar-refractivity contribution in [2.75, 3.05) is 6.61 Å². The summed E-state index contributed by atoms with van der Waals surface area (Å²) < 4.78 is 5.90. The average Bonchev–Trinajstić information content (AvgIpc) is 2.77. The highest BCUT2D eigenvalue weighted by molar-refractivity contribution is 7.99. The van der Waals surface area contributed by atoms with Gasteiger partial charge in [0.1, 0.15) is 12.4 Å². The fraction of sp³-hybridized carbons (Fsp3) is 0.250. The van der Waals surface area contributed by atoms with Crippen LogP contribution in [0.2, 0.25) is 5.02 Å². The lowest BCUT2D eigenvalue weighted by molar-refractivity contribution is 0.0384. The molecule has 0 heterocycles. The summed E-state index contributed by atoms with van der Waals surface area (Å²) >= 11 is 8.02. The Hall–Kier alpha value is -2.02. The fourth-order valence-electron chi connectivity index (χ4n) is 3.18. The Balaban J connectivity index is 1.73. The zero-order valence-electron chi connectivity index (χ0n) is 16.8. The van der Waals surface area contributed by atoms with E-state index >= 15 is 0 Å². The highest BCUT2D eigenvalue weighted by Gasteiger charge is 2.35. The molecule has 4 nitrogen and oxygen atoms in total. The van der Waals surface area contributed by atoms with Gasteiger partial charge in [-0.3, -0.25) is 0 Å². The van der Waals surface area contributed by atoms with Crippen LogP contribution in [0, 0.1) is 0 Å². The quantitative estimate of drug-likeness (QED) is 0.434. The molecular weight excluding hydrogens is 418 g/mol. The van der Waals surface area contributed by atoms with Crippen molar-refractivity contribution in [3.8, 4) is 5.75 Å². The van der Waals surface area contributed by atoms with Gasteiger partial charge in [-0.15, -0.1) is 0 Å². The first-order valence-electron chi connectivity index (χ1n) is 9.78. The molecule has 30 heavy (non-hydrogen) atoms. The van der Waals surface area contributed by atoms with E-state index in [-0.39, 0.29) is 0 Å². The van der Waals surface area contributed by atoms with Gasteiger partial charge in [-0.05, 0) is 47.9 Å². The van der Waals surface area contributed by atoms with Gasteiger partial charge in [-0.2, -0.15) is 0 Å². The van der Waals surface area contributed by atoms with Crippen LogP contribution in [-0.4, -0.2) is 22.9 Å². The average molecular weight is 444 g/mol. The summed E-state index contributed by atoms with van der Waals surface area (Å²) in [5.74, 6) is 0.791. The molecule has 3 aromatic rings. The van der Waals surface area contributed by atoms with Crippen LogP contribution in [0.5, 0.6) is 5.75 Å². The SMILES string of the molecule is CCC(O)C(N)(CO)c1ccc(Sc2cccc(OCc3ccccc3)c2)cc1Cl. The third-order valence-electron chi connectivity index (χ3n) is 4.97. The number of hydrogen-bond donors (Lipinski definition) is 3. The molecule has 0 aliphatic carbocycles. The van der Waals surface area contributed by atoms with Crippen LogP contribution in [0.15, 0.2) is 82.6 Å². The molecule has 0 radical (unpaired) electrons. The van der Waals surface area contributed by atoms with E-state index in [1.807, 2.05) is 67.6 Å². The second kappa shape index (κ2) is 10.3. The Morgan fingerprint density at radius 1 is 1.03 bits per heavy atom. The van der Waals surface area contributed by atoms with Crippen LogP contribution >= 0.6 is 23.4 Å². The molecule has 158 valence electrons. The molecule has 0 aliphatic heterocycles. The number of nitrogens with two attached hydrogens (primary N) is 1. The molecule has 0 bridgehead atoms. The van der Waals surface area contributed by atoms with Gasteiger partial charge in [0.15, 0.2) is 0 Å². The Kier molecular flexibility index (Phi) is 7.81. The predicted molar refractivity (Wildman–Crippen MR) is 122 cm³/mol. The zero-order valence-corrected chi connectivity index (χ0v) is 18.4. The Morgan fingerprint density at radius 3 is 2.43 bits per heavy atom. The molecule has 2 unspecified atom stereocenters. The second-order valence-corrected chi connectivity index (χ2v) is 8.67. The minimum absolute atomic E-state index is 0.394. The fourth-order valence-corrected chi connectivity index (χ4v) is 4.50. The van der Waals surface area contributed by atoms with E-state index in [1.165, 1.54) is 0 Å². The van der Waals surface area contributed by atoms with E-state index in [0.29, 0.717) is 23.6 Å². The van der Waals surface area contributed by atoms with E-state index in [0.717, 1.165) is 21.1 Å². The van der Waals surface area contributed by atoms with Crippen molar-refractivity contribution in [1.29, 1.82) is 0 Å². The van der Waals surface area contributed by atoms with Gasteiger partial charge in [0.25, 0.3) is 0 Å². The predicted octanol–water partition coefficient (Wildman–Crippen LogP) is 4.99. The molecular formula is C24H26ClNO3S. The molecule has 4 N–H and O–H groups in total. The van der Waals surface area contributed by atoms with E-state index in [4.69, 9.17) is 22.1 Å². The van der Waals surface area contributed by atoms with Crippen molar-refractivity contribution in [3.05, 3.63) is 88.9 Å². The minimum atomic E-state index is -1.29. The van der Waals surface area contributed by atoms with Crippen LogP contribution < -0.4 is 10.5 Å². The van der Waals surface area contributed by atoms with Gasteiger partial charge < -0.3 is 20.7 Å². The summed E-state index contributed by atoms with van der Waals surface area (Å²) in [6.07, 6.45) is -0.475. The second-order valence-electron chi connectivity index (χ2n) is 7.12. The van der Waals surface area contributed by atoms with Gasteiger partial charge >= 0.3 is 0 Å². The largest absolute Gasteiger partial charge is 0.489 e. The van der Waals surface area contributed by atoms with Crippen molar-refractivity contribution >= 4 is 23.4 Å². The zero-order chi connectivity index (χ0) is 21.6. The molecule has 0 amide bonds. The van der Waals surface area contributed by atoms with Gasteiger partial charge in [0, 0.05) is 14.8 Å². The molecule has 0 fully saturated rings. The third kappa shape index (κ3) is 5.36. The third-order valence-corrected chi connectivity index (χ3v) is 6.27. The molecule has 2 atom stereocenters. The van der Waals surface area contributed by atoms with Crippen molar-refractivity contribution in [2.45, 2.75) is 41.4 Å². The van der Waals surface area contributed by atoms with Crippen LogP contribution in [0.1, 0.15) is 24.5 Å². The van der Waals surface area contributed by atoms with Gasteiger partial charge in [-0.25, -0.2) is 0 Å². The Morgan fingerprint density at radius 2 is 1.77 bits per heavy atom. The van der Waals surface area contributed by atoms with Gasteiger partial charge in [0.05, 0.1) is 18.2 Å². The first-order valence-corrected chi connectivity index (χ1v) is 11.0. The van der Waals surface area contributed by atoms with E-state index < -0.39 is 18.2 Å². The number of hydrogen-bond acceptors (Lipinski definition) is 5. The molecule has 0 saturated heterocycles. The van der Waals surface area contributed by atoms with Crippen molar-refractivity contribution in [2.24, 2.45) is 5.73 Å². The first-order chi connectivity index (χ1) is 14.5. The molecule has 0 aliphatic rings. The Labute approximate surface area is 186 Å². The van der Waals surface area contributed by atoms with E-state index in [9.17, 15) is 10.2 Å². The number of halogens is 1. The number of benzene rings is 3. The summed E-state index contributed by atoms with van der Waals surface area (Å²) in [5.41, 5.74) is 6.62. The Bertz CT molecular complexity index is 970. The van der Waals surface area contributed by atoms with E-state index in [2.05, 4.69) is 0 Å². The van der Waals surface area contributed by atoms with Crippen LogP contribution in [0.4, 0.5) is 0 Å². The van der Waals surface area contributed by atoms with Gasteiger partial charge in [0.2, 0.25) is 0 Å². The molecule has 0 saturated carbocycles. The van der Waals surface area contributed by atoms with Crippen molar-refractivity contribution < 1.29 is 14.9 Å². The topological polar surface area (TPSA) is 75.7 Å². The lowest BCUT2D eigenvalue weighted by atomic mass is 9.85. The number of aliphatic hydroxyl groups excluding tert-OH is 2. The number of rotatable bonds is 9. The van der Waals surface area contributed by atoms with Gasteiger partial charge in [-0.1, -0.05) is 72.8 Å². The number of aliphatic hydroxyl groups is 2. The maximum atomic E-state index is 10.3. The van der Waals surface area contributed by atoms with Crippen molar-refractivity contribution in [3.63, 3.8) is 0 Å². The summed E-state index contributed by atoms with van der Waals surface area (Å²) in [6, 6.07) is 23.4. The summed E-state index contributed by atoms with van der Waals surface area (Å²) in [7, 11) is 0. The lowest BCUT2D eigenvalue weighted by Crippen LogP contribution is -2.51. The highest BCUT2D eigenvalue weighted by Crippen LogP contribution is 2.36. The van der Waals surface area contributed by atoms with E-state index in [1.54, 1.807) is 23.9 Å². The monoisotopic (exact) mass is 443 g/mol. The summed E-state index contributed by atoms with van der Waals surface area (Å²) in [5, 5.41) is 20.4. The summed E-state index contributed by atoms with van der Waals surface area (Å²) in [4.78, 5) is 1.94. The minimum Gasteiger partial charge on any atom is -0.489 e. The van der Waals surface area contributed by atoms with Crippen LogP contribution in [0.25, 0.3) is 0 Å². The molecule has 6 heteroatoms. The maximum Gasteiger partial charge on any atom is 0.120 e. The molecule has 0 aromatic heterocycles. The van der Waals surface area contributed by atoms with Crippen LogP contribution in [-0.2, 0) is 12.1 Å². The standard InChI is InChI=1S/C24H26ClNO3S/c1-2-23(28)24(26,16-27)21-12-11-20(14-22(21)25)30-19-10-6-9-18(13-19)29-15-17-7-4-3-5-8-17/h3-14,23,27-28H,2,15-16,26H2,1H3. The molecule has 3 rings (SSSR count). The molecule has 3 aromatic carbocycles. The maximum absolute atomic E-state index is 10.3.